The normalized spacial score (nSPS) is 15.5. The number of hydrogen-bond acceptors (Lipinski definition) is 7. The fourth-order valence-corrected chi connectivity index (χ4v) is 3.41. The Morgan fingerprint density at radius 3 is 2.68 bits per heavy atom. The second kappa shape index (κ2) is 9.01. The number of amides is 1. The molecule has 8 nitrogen and oxygen atoms in total. The van der Waals surface area contributed by atoms with Crippen LogP contribution in [0.3, 0.4) is 0 Å². The molecule has 0 saturated heterocycles. The van der Waals surface area contributed by atoms with Gasteiger partial charge in [0.1, 0.15) is 22.7 Å². The van der Waals surface area contributed by atoms with E-state index in [0.717, 1.165) is 11.3 Å². The van der Waals surface area contributed by atoms with E-state index in [1.54, 1.807) is 25.3 Å². The van der Waals surface area contributed by atoms with Gasteiger partial charge in [-0.2, -0.15) is 5.10 Å². The minimum atomic E-state index is -0.737. The molecule has 158 valence electrons. The Morgan fingerprint density at radius 1 is 1.19 bits per heavy atom. The molecule has 1 aliphatic heterocycles. The van der Waals surface area contributed by atoms with E-state index < -0.39 is 24.5 Å². The Balaban J connectivity index is 1.52. The van der Waals surface area contributed by atoms with Crippen LogP contribution >= 0.6 is 11.6 Å². The van der Waals surface area contributed by atoms with E-state index in [1.807, 2.05) is 24.3 Å². The maximum atomic E-state index is 12.9. The van der Waals surface area contributed by atoms with Crippen LogP contribution in [-0.2, 0) is 9.53 Å². The number of esters is 1. The topological polar surface area (TPSA) is 94.2 Å². The molecule has 0 bridgehead atoms. The summed E-state index contributed by atoms with van der Waals surface area (Å²) < 4.78 is 15.8. The monoisotopic (exact) mass is 439 g/mol. The molecule has 0 aliphatic carbocycles. The van der Waals surface area contributed by atoms with Crippen molar-refractivity contribution in [1.29, 1.82) is 0 Å². The maximum Gasteiger partial charge on any atom is 0.341 e. The van der Waals surface area contributed by atoms with Crippen LogP contribution in [0.15, 0.2) is 70.5 Å². The molecule has 31 heavy (non-hydrogen) atoms. The highest BCUT2D eigenvalue weighted by atomic mass is 35.5. The summed E-state index contributed by atoms with van der Waals surface area (Å²) in [5, 5.41) is 5.79. The van der Waals surface area contributed by atoms with Gasteiger partial charge in [0.25, 0.3) is 5.91 Å². The van der Waals surface area contributed by atoms with Crippen molar-refractivity contribution in [3.05, 3.63) is 83.0 Å². The van der Waals surface area contributed by atoms with Crippen LogP contribution in [0, 0.1) is 0 Å². The van der Waals surface area contributed by atoms with Gasteiger partial charge in [-0.05, 0) is 54.1 Å². The number of halogens is 1. The molecule has 3 aromatic rings. The lowest BCUT2D eigenvalue weighted by molar-refractivity contribution is -0.136. The first-order chi connectivity index (χ1) is 15.1. The van der Waals surface area contributed by atoms with Crippen molar-refractivity contribution in [2.24, 2.45) is 5.10 Å². The molecule has 0 radical (unpaired) electrons. The smallest absolute Gasteiger partial charge is 0.341 e. The van der Waals surface area contributed by atoms with Crippen LogP contribution < -0.4 is 4.74 Å². The molecule has 4 rings (SSSR count). The van der Waals surface area contributed by atoms with Crippen LogP contribution in [0.25, 0.3) is 0 Å². The van der Waals surface area contributed by atoms with E-state index in [-0.39, 0.29) is 10.7 Å². The van der Waals surface area contributed by atoms with E-state index in [4.69, 9.17) is 25.5 Å². The number of benzene rings is 1. The van der Waals surface area contributed by atoms with Gasteiger partial charge >= 0.3 is 5.97 Å². The first kappa shape index (κ1) is 20.6. The number of carbonyl (C=O) groups excluding carboxylic acids is 2. The highest BCUT2D eigenvalue weighted by Gasteiger charge is 2.35. The number of ether oxygens (including phenoxy) is 2. The predicted octanol–water partition coefficient (Wildman–Crippen LogP) is 3.87. The number of rotatable bonds is 6. The number of furan rings is 1. The first-order valence-electron chi connectivity index (χ1n) is 9.42. The molecule has 2 aromatic heterocycles. The lowest BCUT2D eigenvalue weighted by atomic mass is 10.0. The summed E-state index contributed by atoms with van der Waals surface area (Å²) in [5.74, 6) is 0.0823. The lowest BCUT2D eigenvalue weighted by Crippen LogP contribution is -2.31. The third-order valence-corrected chi connectivity index (χ3v) is 5.07. The van der Waals surface area contributed by atoms with Gasteiger partial charge in [-0.1, -0.05) is 11.6 Å². The van der Waals surface area contributed by atoms with E-state index in [9.17, 15) is 9.59 Å². The standard InChI is InChI=1S/C22H18ClN3O5/c1-29-15-8-6-14(7-9-15)17-12-18(19-5-3-11-30-19)26(25-17)20(27)13-31-22(28)16-4-2-10-24-21(16)23/h2-11,18H,12-13H2,1H3. The largest absolute Gasteiger partial charge is 0.497 e. The van der Waals surface area contributed by atoms with E-state index in [2.05, 4.69) is 10.1 Å². The predicted molar refractivity (Wildman–Crippen MR) is 112 cm³/mol. The van der Waals surface area contributed by atoms with E-state index in [0.29, 0.717) is 17.9 Å². The maximum absolute atomic E-state index is 12.9. The number of nitrogens with zero attached hydrogens (tertiary/aromatic N) is 3. The van der Waals surface area contributed by atoms with Gasteiger partial charge in [0.2, 0.25) is 0 Å². The third kappa shape index (κ3) is 4.44. The molecule has 1 atom stereocenters. The molecule has 1 unspecified atom stereocenters. The van der Waals surface area contributed by atoms with Gasteiger partial charge in [0.15, 0.2) is 6.61 Å². The third-order valence-electron chi connectivity index (χ3n) is 4.77. The van der Waals surface area contributed by atoms with Crippen molar-refractivity contribution in [2.45, 2.75) is 12.5 Å². The number of pyridine rings is 1. The second-order valence-corrected chi connectivity index (χ2v) is 7.02. The van der Waals surface area contributed by atoms with E-state index >= 15 is 0 Å². The van der Waals surface area contributed by atoms with Crippen LogP contribution in [0.1, 0.15) is 34.1 Å². The van der Waals surface area contributed by atoms with Crippen LogP contribution in [0.2, 0.25) is 5.15 Å². The molecule has 0 spiro atoms. The summed E-state index contributed by atoms with van der Waals surface area (Å²) in [6.07, 6.45) is 3.44. The summed E-state index contributed by atoms with van der Waals surface area (Å²) >= 11 is 5.91. The van der Waals surface area contributed by atoms with Gasteiger partial charge in [0.05, 0.1) is 24.6 Å². The second-order valence-electron chi connectivity index (χ2n) is 6.67. The molecule has 1 aliphatic rings. The van der Waals surface area contributed by atoms with Crippen molar-refractivity contribution in [3.8, 4) is 5.75 Å². The van der Waals surface area contributed by atoms with Gasteiger partial charge in [-0.25, -0.2) is 14.8 Å². The van der Waals surface area contributed by atoms with Crippen molar-refractivity contribution < 1.29 is 23.5 Å². The highest BCUT2D eigenvalue weighted by Crippen LogP contribution is 2.33. The van der Waals surface area contributed by atoms with Crippen LogP contribution in [0.5, 0.6) is 5.75 Å². The van der Waals surface area contributed by atoms with Crippen molar-refractivity contribution in [3.63, 3.8) is 0 Å². The molecular formula is C22H18ClN3O5. The van der Waals surface area contributed by atoms with Crippen LogP contribution in [0.4, 0.5) is 0 Å². The van der Waals surface area contributed by atoms with Gasteiger partial charge in [-0.3, -0.25) is 4.79 Å². The molecule has 3 heterocycles. The fourth-order valence-electron chi connectivity index (χ4n) is 3.21. The summed E-state index contributed by atoms with van der Waals surface area (Å²) in [4.78, 5) is 29.0. The van der Waals surface area contributed by atoms with Crippen molar-refractivity contribution in [2.75, 3.05) is 13.7 Å². The quantitative estimate of drug-likeness (QED) is 0.427. The van der Waals surface area contributed by atoms with Crippen molar-refractivity contribution >= 4 is 29.2 Å². The SMILES string of the molecule is COc1ccc(C2=NN(C(=O)COC(=O)c3cccnc3Cl)C(c3ccco3)C2)cc1. The van der Waals surface area contributed by atoms with Crippen LogP contribution in [-0.4, -0.2) is 41.3 Å². The zero-order valence-electron chi connectivity index (χ0n) is 16.5. The number of hydrazone groups is 1. The molecular weight excluding hydrogens is 422 g/mol. The minimum absolute atomic E-state index is 0.00870. The Morgan fingerprint density at radius 2 is 2.00 bits per heavy atom. The molecule has 0 saturated carbocycles. The number of aromatic nitrogens is 1. The number of carbonyl (C=O) groups is 2. The average Bonchev–Trinajstić information content (AvgIpc) is 3.47. The Bertz CT molecular complexity index is 1110. The molecule has 1 aromatic carbocycles. The zero-order valence-corrected chi connectivity index (χ0v) is 17.3. The summed E-state index contributed by atoms with van der Waals surface area (Å²) in [5.41, 5.74) is 1.65. The molecule has 0 N–H and O–H groups in total. The van der Waals surface area contributed by atoms with Gasteiger partial charge in [0, 0.05) is 12.6 Å². The summed E-state index contributed by atoms with van der Waals surface area (Å²) in [7, 11) is 1.59. The van der Waals surface area contributed by atoms with Gasteiger partial charge in [-0.15, -0.1) is 0 Å². The minimum Gasteiger partial charge on any atom is -0.497 e. The molecule has 0 fully saturated rings. The number of methoxy groups -OCH3 is 1. The molecule has 9 heteroatoms. The van der Waals surface area contributed by atoms with E-state index in [1.165, 1.54) is 23.5 Å². The summed E-state index contributed by atoms with van der Waals surface area (Å²) in [6, 6.07) is 13.5. The summed E-state index contributed by atoms with van der Waals surface area (Å²) in [6.45, 7) is -0.499. The highest BCUT2D eigenvalue weighted by molar-refractivity contribution is 6.32. The lowest BCUT2D eigenvalue weighted by Gasteiger charge is -2.19. The zero-order chi connectivity index (χ0) is 21.8. The first-order valence-corrected chi connectivity index (χ1v) is 9.79. The Kier molecular flexibility index (Phi) is 5.99. The Hall–Kier alpha value is -3.65. The average molecular weight is 440 g/mol. The Labute approximate surface area is 183 Å². The number of hydrogen-bond donors (Lipinski definition) is 0. The van der Waals surface area contributed by atoms with Crippen molar-refractivity contribution in [1.82, 2.24) is 9.99 Å². The molecule has 1 amide bonds. The fraction of sp³-hybridized carbons (Fsp3) is 0.182. The van der Waals surface area contributed by atoms with Gasteiger partial charge < -0.3 is 13.9 Å².